The Balaban J connectivity index is 2.06. The van der Waals surface area contributed by atoms with E-state index in [1.165, 1.54) is 13.8 Å². The number of hydrogen-bond acceptors (Lipinski definition) is 5. The van der Waals surface area contributed by atoms with Crippen LogP contribution >= 0.6 is 11.8 Å². The van der Waals surface area contributed by atoms with E-state index in [0.29, 0.717) is 16.7 Å². The van der Waals surface area contributed by atoms with E-state index in [-0.39, 0.29) is 11.6 Å². The van der Waals surface area contributed by atoms with Gasteiger partial charge in [0.25, 0.3) is 5.22 Å². The van der Waals surface area contributed by atoms with Gasteiger partial charge in [0.15, 0.2) is 17.3 Å². The molecule has 0 aliphatic rings. The third-order valence-electron chi connectivity index (χ3n) is 3.65. The minimum Gasteiger partial charge on any atom is -0.431 e. The molecular formula is C20H17NO3S. The lowest BCUT2D eigenvalue weighted by atomic mass is 10.1. The van der Waals surface area contributed by atoms with Crippen molar-refractivity contribution in [3.05, 3.63) is 60.7 Å². The molecule has 0 unspecified atom stereocenters. The van der Waals surface area contributed by atoms with Gasteiger partial charge >= 0.3 is 0 Å². The van der Waals surface area contributed by atoms with Crippen LogP contribution in [0, 0.1) is 0 Å². The molecule has 0 aliphatic heterocycles. The lowest BCUT2D eigenvalue weighted by molar-refractivity contribution is -0.123. The van der Waals surface area contributed by atoms with Gasteiger partial charge in [-0.25, -0.2) is 4.98 Å². The van der Waals surface area contributed by atoms with Crippen LogP contribution in [0.3, 0.4) is 0 Å². The smallest absolute Gasteiger partial charge is 0.257 e. The number of rotatable bonds is 6. The fraction of sp³-hybridized carbons (Fsp3) is 0.150. The van der Waals surface area contributed by atoms with E-state index in [4.69, 9.17) is 4.42 Å². The van der Waals surface area contributed by atoms with Gasteiger partial charge in [-0.05, 0) is 25.6 Å². The summed E-state index contributed by atoms with van der Waals surface area (Å²) in [6.07, 6.45) is 0. The second kappa shape index (κ2) is 7.49. The van der Waals surface area contributed by atoms with Crippen molar-refractivity contribution in [3.63, 3.8) is 0 Å². The SMILES string of the molecule is CC(=O)C(Sc1nc(-c2ccccc2)c(-c2ccccc2)o1)C(C)=O. The minimum atomic E-state index is -0.800. The minimum absolute atomic E-state index is 0.210. The quantitative estimate of drug-likeness (QED) is 0.478. The predicted octanol–water partition coefficient (Wildman–Crippen LogP) is 4.65. The lowest BCUT2D eigenvalue weighted by Gasteiger charge is -2.05. The highest BCUT2D eigenvalue weighted by atomic mass is 32.2. The van der Waals surface area contributed by atoms with E-state index in [9.17, 15) is 9.59 Å². The fourth-order valence-electron chi connectivity index (χ4n) is 2.48. The Kier molecular flexibility index (Phi) is 5.14. The Morgan fingerprint density at radius 3 is 1.92 bits per heavy atom. The molecule has 5 heteroatoms. The summed E-state index contributed by atoms with van der Waals surface area (Å²) in [6, 6.07) is 19.4. The second-order valence-electron chi connectivity index (χ2n) is 5.61. The number of aromatic nitrogens is 1. The average Bonchev–Trinajstić information content (AvgIpc) is 3.05. The highest BCUT2D eigenvalue weighted by Gasteiger charge is 2.25. The molecule has 0 amide bonds. The summed E-state index contributed by atoms with van der Waals surface area (Å²) in [5.41, 5.74) is 2.50. The van der Waals surface area contributed by atoms with Crippen molar-refractivity contribution < 1.29 is 14.0 Å². The van der Waals surface area contributed by atoms with Gasteiger partial charge in [-0.2, -0.15) is 0 Å². The molecule has 0 saturated carbocycles. The molecule has 0 aliphatic carbocycles. The van der Waals surface area contributed by atoms with Gasteiger partial charge in [-0.15, -0.1) is 0 Å². The van der Waals surface area contributed by atoms with Crippen molar-refractivity contribution in [2.24, 2.45) is 0 Å². The summed E-state index contributed by atoms with van der Waals surface area (Å²) in [5, 5.41) is -0.487. The fourth-order valence-corrected chi connectivity index (χ4v) is 3.29. The first-order valence-corrected chi connectivity index (χ1v) is 8.73. The highest BCUT2D eigenvalue weighted by molar-refractivity contribution is 8.01. The Morgan fingerprint density at radius 2 is 1.40 bits per heavy atom. The van der Waals surface area contributed by atoms with Gasteiger partial charge in [0.1, 0.15) is 10.9 Å². The predicted molar refractivity (Wildman–Crippen MR) is 98.4 cm³/mol. The van der Waals surface area contributed by atoms with Crippen LogP contribution in [-0.4, -0.2) is 21.8 Å². The maximum Gasteiger partial charge on any atom is 0.257 e. The van der Waals surface area contributed by atoms with E-state index in [0.717, 1.165) is 22.9 Å². The van der Waals surface area contributed by atoms with Gasteiger partial charge in [-0.1, -0.05) is 60.7 Å². The first kappa shape index (κ1) is 17.2. The number of ketones is 2. The maximum atomic E-state index is 11.7. The van der Waals surface area contributed by atoms with Crippen LogP contribution in [0.4, 0.5) is 0 Å². The molecular weight excluding hydrogens is 334 g/mol. The van der Waals surface area contributed by atoms with Gasteiger partial charge in [0.2, 0.25) is 0 Å². The maximum absolute atomic E-state index is 11.7. The van der Waals surface area contributed by atoms with Crippen LogP contribution in [-0.2, 0) is 9.59 Å². The molecule has 1 heterocycles. The standard InChI is InChI=1S/C20H17NO3S/c1-13(22)19(14(2)23)25-20-21-17(15-9-5-3-6-10-15)18(24-20)16-11-7-4-8-12-16/h3-12,19H,1-2H3. The van der Waals surface area contributed by atoms with E-state index < -0.39 is 5.25 Å². The number of nitrogens with zero attached hydrogens (tertiary/aromatic N) is 1. The summed E-state index contributed by atoms with van der Waals surface area (Å²) in [4.78, 5) is 28.0. The third kappa shape index (κ3) is 3.88. The number of carbonyl (C=O) groups is 2. The van der Waals surface area contributed by atoms with Gasteiger partial charge in [0.05, 0.1) is 0 Å². The topological polar surface area (TPSA) is 60.2 Å². The summed E-state index contributed by atoms with van der Waals surface area (Å²) < 4.78 is 5.93. The number of benzene rings is 2. The normalized spacial score (nSPS) is 10.8. The third-order valence-corrected chi connectivity index (χ3v) is 4.92. The van der Waals surface area contributed by atoms with Crippen molar-refractivity contribution in [2.45, 2.75) is 24.3 Å². The molecule has 0 fully saturated rings. The average molecular weight is 351 g/mol. The number of Topliss-reactive ketones (excluding diaryl/α,β-unsaturated/α-hetero) is 2. The molecule has 0 bridgehead atoms. The molecule has 0 radical (unpaired) electrons. The van der Waals surface area contributed by atoms with Crippen LogP contribution < -0.4 is 0 Å². The molecule has 1 aromatic heterocycles. The Bertz CT molecular complexity index is 817. The first-order chi connectivity index (χ1) is 12.1. The molecule has 0 spiro atoms. The zero-order valence-corrected chi connectivity index (χ0v) is 14.7. The molecule has 0 N–H and O–H groups in total. The number of carbonyl (C=O) groups excluding carboxylic acids is 2. The van der Waals surface area contributed by atoms with E-state index in [2.05, 4.69) is 4.98 Å². The van der Waals surface area contributed by atoms with Crippen LogP contribution in [0.5, 0.6) is 0 Å². The van der Waals surface area contributed by atoms with Gasteiger partial charge < -0.3 is 4.42 Å². The van der Waals surface area contributed by atoms with E-state index >= 15 is 0 Å². The van der Waals surface area contributed by atoms with Crippen molar-refractivity contribution in [1.29, 1.82) is 0 Å². The second-order valence-corrected chi connectivity index (χ2v) is 6.67. The van der Waals surface area contributed by atoms with Crippen LogP contribution in [0.1, 0.15) is 13.8 Å². The zero-order valence-electron chi connectivity index (χ0n) is 13.9. The van der Waals surface area contributed by atoms with Crippen LogP contribution in [0.15, 0.2) is 70.3 Å². The number of oxazole rings is 1. The molecule has 3 rings (SSSR count). The summed E-state index contributed by atoms with van der Waals surface area (Å²) in [7, 11) is 0. The van der Waals surface area contributed by atoms with E-state index in [1.807, 2.05) is 60.7 Å². The molecule has 0 atom stereocenters. The van der Waals surface area contributed by atoms with Crippen molar-refractivity contribution >= 4 is 23.3 Å². The summed E-state index contributed by atoms with van der Waals surface area (Å²) in [5.74, 6) is 0.205. The van der Waals surface area contributed by atoms with Crippen LogP contribution in [0.25, 0.3) is 22.6 Å². The highest BCUT2D eigenvalue weighted by Crippen LogP contribution is 2.36. The molecule has 0 saturated heterocycles. The van der Waals surface area contributed by atoms with Gasteiger partial charge in [-0.3, -0.25) is 9.59 Å². The zero-order chi connectivity index (χ0) is 17.8. The van der Waals surface area contributed by atoms with Gasteiger partial charge in [0, 0.05) is 11.1 Å². The van der Waals surface area contributed by atoms with Crippen molar-refractivity contribution in [2.75, 3.05) is 0 Å². The summed E-state index contributed by atoms with van der Waals surface area (Å²) in [6.45, 7) is 2.80. The van der Waals surface area contributed by atoms with Crippen LogP contribution in [0.2, 0.25) is 0 Å². The summed E-state index contributed by atoms with van der Waals surface area (Å²) >= 11 is 1.05. The monoisotopic (exact) mass is 351 g/mol. The Labute approximate surface area is 150 Å². The lowest BCUT2D eigenvalue weighted by Crippen LogP contribution is -2.22. The van der Waals surface area contributed by atoms with Crippen molar-refractivity contribution in [3.8, 4) is 22.6 Å². The molecule has 126 valence electrons. The number of thioether (sulfide) groups is 1. The Hall–Kier alpha value is -2.66. The molecule has 25 heavy (non-hydrogen) atoms. The first-order valence-electron chi connectivity index (χ1n) is 7.85. The van der Waals surface area contributed by atoms with E-state index in [1.54, 1.807) is 0 Å². The molecule has 3 aromatic rings. The van der Waals surface area contributed by atoms with Crippen molar-refractivity contribution in [1.82, 2.24) is 4.98 Å². The molecule has 2 aromatic carbocycles. The largest absolute Gasteiger partial charge is 0.431 e. The Morgan fingerprint density at radius 1 is 0.880 bits per heavy atom. The molecule has 4 nitrogen and oxygen atoms in total. The number of hydrogen-bond donors (Lipinski definition) is 0.